The van der Waals surface area contributed by atoms with Gasteiger partial charge in [-0.3, -0.25) is 19.5 Å². The number of rotatable bonds is 6. The number of nitro benzene ring substituents is 1. The highest BCUT2D eigenvalue weighted by atomic mass is 16.6. The molecule has 5 rings (SSSR count). The summed E-state index contributed by atoms with van der Waals surface area (Å²) >= 11 is 0. The van der Waals surface area contributed by atoms with Gasteiger partial charge >= 0.3 is 5.69 Å². The van der Waals surface area contributed by atoms with E-state index in [-0.39, 0.29) is 29.0 Å². The van der Waals surface area contributed by atoms with Crippen molar-refractivity contribution in [2.24, 2.45) is 0 Å². The predicted octanol–water partition coefficient (Wildman–Crippen LogP) is 3.40. The minimum absolute atomic E-state index is 0.0998. The summed E-state index contributed by atoms with van der Waals surface area (Å²) in [5, 5.41) is 15.1. The van der Waals surface area contributed by atoms with Crippen LogP contribution >= 0.6 is 0 Å². The molecule has 0 radical (unpaired) electrons. The number of imidazole rings is 1. The molecule has 1 aromatic heterocycles. The zero-order chi connectivity index (χ0) is 25.1. The standard InChI is InChI=1S/C27H25N5O4/c33-26(30-16-15-28-18-21(30)17-19-9-3-1-4-10-19)24-25(20-11-5-2-6-12-20)31(27(34)29-24)22-13-7-8-14-23(22)32(35)36/h1-14,21,28H,15-18H2,(H,29,34). The molecule has 1 aliphatic rings. The number of carbonyl (C=O) groups is 1. The molecule has 9 heteroatoms. The Labute approximate surface area is 207 Å². The van der Waals surface area contributed by atoms with E-state index < -0.39 is 10.6 Å². The van der Waals surface area contributed by atoms with Gasteiger partial charge in [0.15, 0.2) is 0 Å². The maximum Gasteiger partial charge on any atom is 0.331 e. The summed E-state index contributed by atoms with van der Waals surface area (Å²) in [6.45, 7) is 1.73. The van der Waals surface area contributed by atoms with Gasteiger partial charge in [0.25, 0.3) is 11.6 Å². The second kappa shape index (κ2) is 10.0. The summed E-state index contributed by atoms with van der Waals surface area (Å²) in [4.78, 5) is 43.0. The number of nitrogens with zero attached hydrogens (tertiary/aromatic N) is 3. The summed E-state index contributed by atoms with van der Waals surface area (Å²) < 4.78 is 1.23. The largest absolute Gasteiger partial charge is 0.331 e. The third-order valence-corrected chi connectivity index (χ3v) is 6.40. The number of aromatic amines is 1. The lowest BCUT2D eigenvalue weighted by Crippen LogP contribution is -2.54. The normalized spacial score (nSPS) is 15.6. The monoisotopic (exact) mass is 483 g/mol. The molecular formula is C27H25N5O4. The lowest BCUT2D eigenvalue weighted by atomic mass is 10.0. The molecular weight excluding hydrogens is 458 g/mol. The zero-order valence-electron chi connectivity index (χ0n) is 19.5. The fraction of sp³-hybridized carbons (Fsp3) is 0.185. The first kappa shape index (κ1) is 23.3. The minimum atomic E-state index is -0.610. The summed E-state index contributed by atoms with van der Waals surface area (Å²) in [6.07, 6.45) is 0.662. The molecule has 2 N–H and O–H groups in total. The van der Waals surface area contributed by atoms with E-state index in [0.29, 0.717) is 37.3 Å². The minimum Gasteiger partial charge on any atom is -0.331 e. The van der Waals surface area contributed by atoms with Crippen molar-refractivity contribution in [1.29, 1.82) is 0 Å². The lowest BCUT2D eigenvalue weighted by molar-refractivity contribution is -0.384. The first-order chi connectivity index (χ1) is 17.5. The summed E-state index contributed by atoms with van der Waals surface area (Å²) in [7, 11) is 0. The molecule has 0 bridgehead atoms. The van der Waals surface area contributed by atoms with Crippen LogP contribution in [0.25, 0.3) is 16.9 Å². The van der Waals surface area contributed by atoms with Crippen LogP contribution in [0.4, 0.5) is 5.69 Å². The van der Waals surface area contributed by atoms with Crippen LogP contribution in [0.1, 0.15) is 16.1 Å². The van der Waals surface area contributed by atoms with Crippen molar-refractivity contribution in [3.8, 4) is 16.9 Å². The molecule has 0 spiro atoms. The van der Waals surface area contributed by atoms with Crippen molar-refractivity contribution in [2.45, 2.75) is 12.5 Å². The number of hydrogen-bond acceptors (Lipinski definition) is 5. The maximum atomic E-state index is 14.0. The van der Waals surface area contributed by atoms with Gasteiger partial charge in [0.05, 0.1) is 10.6 Å². The van der Waals surface area contributed by atoms with E-state index in [2.05, 4.69) is 10.3 Å². The van der Waals surface area contributed by atoms with Crippen LogP contribution in [0.2, 0.25) is 0 Å². The topological polar surface area (TPSA) is 113 Å². The molecule has 0 aliphatic carbocycles. The van der Waals surface area contributed by atoms with E-state index in [4.69, 9.17) is 0 Å². The molecule has 1 amide bonds. The van der Waals surface area contributed by atoms with Gasteiger partial charge in [0.1, 0.15) is 11.4 Å². The number of piperazine rings is 1. The van der Waals surface area contributed by atoms with E-state index in [9.17, 15) is 19.7 Å². The van der Waals surface area contributed by atoms with Crippen molar-refractivity contribution in [3.63, 3.8) is 0 Å². The van der Waals surface area contributed by atoms with Gasteiger partial charge in [-0.1, -0.05) is 72.8 Å². The Morgan fingerprint density at radius 3 is 2.36 bits per heavy atom. The van der Waals surface area contributed by atoms with E-state index in [1.807, 2.05) is 36.4 Å². The molecule has 1 saturated heterocycles. The molecule has 182 valence electrons. The molecule has 4 aromatic rings. The van der Waals surface area contributed by atoms with E-state index in [1.54, 1.807) is 41.3 Å². The molecule has 9 nitrogen and oxygen atoms in total. The van der Waals surface area contributed by atoms with Gasteiger partial charge in [0.2, 0.25) is 0 Å². The molecule has 1 unspecified atom stereocenters. The van der Waals surface area contributed by atoms with Gasteiger partial charge in [0, 0.05) is 37.3 Å². The number of H-pyrrole nitrogens is 1. The number of aromatic nitrogens is 2. The highest BCUT2D eigenvalue weighted by molar-refractivity contribution is 5.99. The highest BCUT2D eigenvalue weighted by Crippen LogP contribution is 2.30. The molecule has 2 heterocycles. The van der Waals surface area contributed by atoms with Crippen LogP contribution in [0, 0.1) is 10.1 Å². The Balaban J connectivity index is 1.63. The van der Waals surface area contributed by atoms with Crippen LogP contribution in [0.3, 0.4) is 0 Å². The van der Waals surface area contributed by atoms with E-state index in [0.717, 1.165) is 5.56 Å². The van der Waals surface area contributed by atoms with Crippen molar-refractivity contribution in [1.82, 2.24) is 19.8 Å². The SMILES string of the molecule is O=C(c1[nH]c(=O)n(-c2ccccc2[N+](=O)[O-])c1-c1ccccc1)N1CCNCC1Cc1ccccc1. The number of benzene rings is 3. The second-order valence-electron chi connectivity index (χ2n) is 8.65. The van der Waals surface area contributed by atoms with E-state index in [1.165, 1.54) is 16.7 Å². The first-order valence-corrected chi connectivity index (χ1v) is 11.7. The van der Waals surface area contributed by atoms with Crippen molar-refractivity contribution in [3.05, 3.63) is 117 Å². The molecule has 0 saturated carbocycles. The first-order valence-electron chi connectivity index (χ1n) is 11.7. The van der Waals surface area contributed by atoms with Crippen molar-refractivity contribution < 1.29 is 9.72 Å². The molecule has 36 heavy (non-hydrogen) atoms. The van der Waals surface area contributed by atoms with Crippen molar-refractivity contribution in [2.75, 3.05) is 19.6 Å². The smallest absolute Gasteiger partial charge is 0.331 e. The van der Waals surface area contributed by atoms with Crippen LogP contribution < -0.4 is 11.0 Å². The van der Waals surface area contributed by atoms with Crippen LogP contribution in [0.5, 0.6) is 0 Å². The van der Waals surface area contributed by atoms with Gasteiger partial charge in [-0.05, 0) is 18.1 Å². The number of hydrogen-bond donors (Lipinski definition) is 2. The number of amides is 1. The van der Waals surface area contributed by atoms with Crippen LogP contribution in [-0.2, 0) is 6.42 Å². The molecule has 3 aromatic carbocycles. The van der Waals surface area contributed by atoms with Gasteiger partial charge < -0.3 is 15.2 Å². The Bertz CT molecular complexity index is 1450. The number of nitro groups is 1. The lowest BCUT2D eigenvalue weighted by Gasteiger charge is -2.36. The van der Waals surface area contributed by atoms with Gasteiger partial charge in [-0.2, -0.15) is 0 Å². The van der Waals surface area contributed by atoms with Crippen LogP contribution in [-0.4, -0.2) is 51.0 Å². The third kappa shape index (κ3) is 4.44. The zero-order valence-corrected chi connectivity index (χ0v) is 19.5. The number of carbonyl (C=O) groups excluding carboxylic acids is 1. The Hall–Kier alpha value is -4.50. The summed E-state index contributed by atoms with van der Waals surface area (Å²) in [6, 6.07) is 24.8. The average molecular weight is 484 g/mol. The van der Waals surface area contributed by atoms with Crippen LogP contribution in [0.15, 0.2) is 89.7 Å². The Morgan fingerprint density at radius 2 is 1.64 bits per heavy atom. The number of nitrogens with one attached hydrogen (secondary N) is 2. The second-order valence-corrected chi connectivity index (χ2v) is 8.65. The van der Waals surface area contributed by atoms with E-state index >= 15 is 0 Å². The van der Waals surface area contributed by atoms with Crippen molar-refractivity contribution >= 4 is 11.6 Å². The summed E-state index contributed by atoms with van der Waals surface area (Å²) in [5.74, 6) is -0.314. The van der Waals surface area contributed by atoms with Gasteiger partial charge in [-0.15, -0.1) is 0 Å². The number of para-hydroxylation sites is 2. The third-order valence-electron chi connectivity index (χ3n) is 6.40. The maximum absolute atomic E-state index is 14.0. The molecule has 1 aliphatic heterocycles. The highest BCUT2D eigenvalue weighted by Gasteiger charge is 2.33. The predicted molar refractivity (Wildman–Crippen MR) is 136 cm³/mol. The fourth-order valence-electron chi connectivity index (χ4n) is 4.74. The quantitative estimate of drug-likeness (QED) is 0.322. The molecule has 1 atom stereocenters. The summed E-state index contributed by atoms with van der Waals surface area (Å²) in [5.41, 5.74) is 1.40. The Kier molecular flexibility index (Phi) is 6.46. The Morgan fingerprint density at radius 1 is 0.972 bits per heavy atom. The fourth-order valence-corrected chi connectivity index (χ4v) is 4.74. The molecule has 1 fully saturated rings. The van der Waals surface area contributed by atoms with Gasteiger partial charge in [-0.25, -0.2) is 4.79 Å². The average Bonchev–Trinajstić information content (AvgIpc) is 3.26.